The minimum atomic E-state index is -0.192. The van der Waals surface area contributed by atoms with Gasteiger partial charge in [0.15, 0.2) is 4.34 Å². The van der Waals surface area contributed by atoms with Gasteiger partial charge in [-0.15, -0.1) is 11.3 Å². The largest absolute Gasteiger partial charge is 0.256 e. The third-order valence-corrected chi connectivity index (χ3v) is 7.75. The molecular weight excluding hydrogens is 482 g/mol. The summed E-state index contributed by atoms with van der Waals surface area (Å²) in [6.07, 6.45) is 1.73. The van der Waals surface area contributed by atoms with Crippen LogP contribution in [-0.4, -0.2) is 11.2 Å². The number of rotatable bonds is 5. The van der Waals surface area contributed by atoms with Crippen LogP contribution in [0.1, 0.15) is 11.1 Å². The fraction of sp³-hybridized carbons (Fsp3) is 0.0400. The topological polar surface area (TPSA) is 25.2 Å². The van der Waals surface area contributed by atoms with Crippen LogP contribution >= 0.6 is 46.3 Å². The first kappa shape index (κ1) is 21.4. The Labute approximate surface area is 202 Å². The SMILES string of the molecule is Fc1ccc(CSc2nc3ccc(N=Cc4ccc(Cl)cc4Cl)cc3s2)c2ccccc12. The molecular formula is C25H15Cl2FN2S2. The summed E-state index contributed by atoms with van der Waals surface area (Å²) in [6.45, 7) is 0. The predicted octanol–water partition coefficient (Wildman–Crippen LogP) is 8.94. The summed E-state index contributed by atoms with van der Waals surface area (Å²) in [5, 5.41) is 2.75. The first-order valence-corrected chi connectivity index (χ1v) is 12.3. The van der Waals surface area contributed by atoms with E-state index in [1.165, 1.54) is 6.07 Å². The van der Waals surface area contributed by atoms with Crippen LogP contribution < -0.4 is 0 Å². The minimum Gasteiger partial charge on any atom is -0.256 e. The number of nitrogens with zero attached hydrogens (tertiary/aromatic N) is 2. The Morgan fingerprint density at radius 3 is 2.66 bits per heavy atom. The Morgan fingerprint density at radius 2 is 1.81 bits per heavy atom. The van der Waals surface area contributed by atoms with Crippen LogP contribution in [0.3, 0.4) is 0 Å². The van der Waals surface area contributed by atoms with Gasteiger partial charge >= 0.3 is 0 Å². The van der Waals surface area contributed by atoms with Gasteiger partial charge in [0.05, 0.1) is 20.9 Å². The smallest absolute Gasteiger partial charge is 0.151 e. The molecule has 32 heavy (non-hydrogen) atoms. The van der Waals surface area contributed by atoms with Gasteiger partial charge in [-0.05, 0) is 47.3 Å². The number of halogens is 3. The van der Waals surface area contributed by atoms with Crippen LogP contribution in [0.4, 0.5) is 10.1 Å². The van der Waals surface area contributed by atoms with E-state index in [0.717, 1.165) is 42.5 Å². The molecule has 5 rings (SSSR count). The molecule has 1 aromatic heterocycles. The van der Waals surface area contributed by atoms with Gasteiger partial charge in [-0.25, -0.2) is 9.37 Å². The third-order valence-electron chi connectivity index (χ3n) is 4.98. The van der Waals surface area contributed by atoms with Crippen LogP contribution in [-0.2, 0) is 5.75 Å². The quantitative estimate of drug-likeness (QED) is 0.179. The molecule has 0 saturated carbocycles. The molecule has 7 heteroatoms. The normalized spacial score (nSPS) is 11.7. The van der Waals surface area contributed by atoms with E-state index < -0.39 is 0 Å². The summed E-state index contributed by atoms with van der Waals surface area (Å²) < 4.78 is 16.1. The number of hydrogen-bond acceptors (Lipinski definition) is 4. The van der Waals surface area contributed by atoms with Gasteiger partial charge in [-0.2, -0.15) is 0 Å². The Hall–Kier alpha value is -2.44. The van der Waals surface area contributed by atoms with Crippen molar-refractivity contribution < 1.29 is 4.39 Å². The number of thioether (sulfide) groups is 1. The van der Waals surface area contributed by atoms with Crippen LogP contribution in [0, 0.1) is 5.82 Å². The molecule has 5 aromatic rings. The first-order valence-electron chi connectivity index (χ1n) is 9.75. The summed E-state index contributed by atoms with van der Waals surface area (Å²) in [4.78, 5) is 9.27. The van der Waals surface area contributed by atoms with Gasteiger partial charge in [0.1, 0.15) is 5.82 Å². The van der Waals surface area contributed by atoms with Crippen molar-refractivity contribution in [3.63, 3.8) is 0 Å². The molecule has 1 heterocycles. The number of aliphatic imine (C=N–C) groups is 1. The van der Waals surface area contributed by atoms with Crippen molar-refractivity contribution in [1.82, 2.24) is 4.98 Å². The highest BCUT2D eigenvalue weighted by Crippen LogP contribution is 2.35. The van der Waals surface area contributed by atoms with Gasteiger partial charge < -0.3 is 0 Å². The fourth-order valence-electron chi connectivity index (χ4n) is 3.37. The maximum Gasteiger partial charge on any atom is 0.151 e. The zero-order chi connectivity index (χ0) is 22.1. The molecule has 0 aliphatic heterocycles. The number of thiazole rings is 1. The standard InChI is InChI=1S/C25H15Cl2FN2S2/c26-17-7-5-15(21(27)11-17)13-29-18-8-10-23-24(12-18)32-25(30-23)31-14-16-6-9-22(28)20-4-2-1-3-19(16)20/h1-13H,14H2. The van der Waals surface area contributed by atoms with Crippen molar-refractivity contribution in [2.45, 2.75) is 10.1 Å². The van der Waals surface area contributed by atoms with Gasteiger partial charge in [-0.3, -0.25) is 4.99 Å². The second-order valence-corrected chi connectivity index (χ2v) is 10.2. The second-order valence-electron chi connectivity index (χ2n) is 7.10. The molecule has 2 nitrogen and oxygen atoms in total. The third kappa shape index (κ3) is 4.52. The zero-order valence-electron chi connectivity index (χ0n) is 16.6. The summed E-state index contributed by atoms with van der Waals surface area (Å²) in [7, 11) is 0. The second kappa shape index (κ2) is 9.20. The lowest BCUT2D eigenvalue weighted by atomic mass is 10.1. The van der Waals surface area contributed by atoms with E-state index in [2.05, 4.69) is 4.99 Å². The molecule has 0 atom stereocenters. The van der Waals surface area contributed by atoms with Crippen molar-refractivity contribution in [1.29, 1.82) is 0 Å². The molecule has 0 amide bonds. The monoisotopic (exact) mass is 496 g/mol. The molecule has 0 unspecified atom stereocenters. The highest BCUT2D eigenvalue weighted by atomic mass is 35.5. The van der Waals surface area contributed by atoms with Crippen molar-refractivity contribution in [3.8, 4) is 0 Å². The van der Waals surface area contributed by atoms with Crippen LogP contribution in [0.15, 0.2) is 82.1 Å². The van der Waals surface area contributed by atoms with E-state index in [-0.39, 0.29) is 5.82 Å². The van der Waals surface area contributed by atoms with Crippen LogP contribution in [0.2, 0.25) is 10.0 Å². The number of hydrogen-bond donors (Lipinski definition) is 0. The van der Waals surface area contributed by atoms with E-state index in [1.54, 1.807) is 41.4 Å². The number of fused-ring (bicyclic) bond motifs is 2. The molecule has 4 aromatic carbocycles. The lowest BCUT2D eigenvalue weighted by Gasteiger charge is -2.06. The average molecular weight is 497 g/mol. The summed E-state index contributed by atoms with van der Waals surface area (Å²) in [5.41, 5.74) is 3.66. The highest BCUT2D eigenvalue weighted by molar-refractivity contribution is 8.00. The fourth-order valence-corrected chi connectivity index (χ4v) is 5.94. The van der Waals surface area contributed by atoms with Gasteiger partial charge in [-0.1, -0.05) is 71.4 Å². The zero-order valence-corrected chi connectivity index (χ0v) is 19.7. The Bertz CT molecular complexity index is 1480. The molecule has 0 bridgehead atoms. The number of aromatic nitrogens is 1. The maximum absolute atomic E-state index is 14.1. The lowest BCUT2D eigenvalue weighted by Crippen LogP contribution is -1.87. The summed E-state index contributed by atoms with van der Waals surface area (Å²) in [6, 6.07) is 22.2. The van der Waals surface area contributed by atoms with E-state index in [4.69, 9.17) is 28.2 Å². The molecule has 158 valence electrons. The summed E-state index contributed by atoms with van der Waals surface area (Å²) >= 11 is 15.4. The highest BCUT2D eigenvalue weighted by Gasteiger charge is 2.09. The Kier molecular flexibility index (Phi) is 6.15. The molecule has 0 spiro atoms. The maximum atomic E-state index is 14.1. The van der Waals surface area contributed by atoms with Gasteiger partial charge in [0.2, 0.25) is 0 Å². The Morgan fingerprint density at radius 1 is 0.969 bits per heavy atom. The molecule has 0 radical (unpaired) electrons. The molecule has 0 N–H and O–H groups in total. The predicted molar refractivity (Wildman–Crippen MR) is 137 cm³/mol. The first-order chi connectivity index (χ1) is 15.6. The lowest BCUT2D eigenvalue weighted by molar-refractivity contribution is 0.639. The van der Waals surface area contributed by atoms with Gasteiger partial charge in [0, 0.05) is 27.9 Å². The van der Waals surface area contributed by atoms with Crippen molar-refractivity contribution in [2.75, 3.05) is 0 Å². The minimum absolute atomic E-state index is 0.192. The van der Waals surface area contributed by atoms with E-state index in [0.29, 0.717) is 15.4 Å². The number of benzene rings is 4. The molecule has 0 aliphatic rings. The molecule has 0 aliphatic carbocycles. The van der Waals surface area contributed by atoms with Crippen molar-refractivity contribution in [2.24, 2.45) is 4.99 Å². The Balaban J connectivity index is 1.35. The summed E-state index contributed by atoms with van der Waals surface area (Å²) in [5.74, 6) is 0.531. The molecule has 0 fully saturated rings. The van der Waals surface area contributed by atoms with Gasteiger partial charge in [0.25, 0.3) is 0 Å². The van der Waals surface area contributed by atoms with Crippen LogP contribution in [0.5, 0.6) is 0 Å². The van der Waals surface area contributed by atoms with E-state index in [1.807, 2.05) is 54.6 Å². The van der Waals surface area contributed by atoms with E-state index >= 15 is 0 Å². The average Bonchev–Trinajstić information content (AvgIpc) is 3.20. The molecule has 0 saturated heterocycles. The van der Waals surface area contributed by atoms with Crippen molar-refractivity contribution in [3.05, 3.63) is 99.8 Å². The van der Waals surface area contributed by atoms with Crippen LogP contribution in [0.25, 0.3) is 21.0 Å². The van der Waals surface area contributed by atoms with E-state index in [9.17, 15) is 4.39 Å². The van der Waals surface area contributed by atoms with Crippen molar-refractivity contribution >= 4 is 79.2 Å².